The molecule has 0 N–H and O–H groups in total. The van der Waals surface area contributed by atoms with Crippen LogP contribution in [0.4, 0.5) is 0 Å². The van der Waals surface area contributed by atoms with Crippen LogP contribution in [-0.2, 0) is 6.61 Å². The fourth-order valence-electron chi connectivity index (χ4n) is 3.23. The maximum absolute atomic E-state index is 12.8. The molecule has 7 nitrogen and oxygen atoms in total. The minimum atomic E-state index is -0.212. The Hall–Kier alpha value is -4.04. The molecule has 8 heteroatoms. The van der Waals surface area contributed by atoms with Crippen LogP contribution in [0.5, 0.6) is 11.5 Å². The summed E-state index contributed by atoms with van der Waals surface area (Å²) in [6.45, 7) is 0.442. The Morgan fingerprint density at radius 1 is 1.06 bits per heavy atom. The van der Waals surface area contributed by atoms with Crippen molar-refractivity contribution in [2.24, 2.45) is 0 Å². The molecule has 5 aromatic rings. The van der Waals surface area contributed by atoms with E-state index in [0.29, 0.717) is 33.4 Å². The van der Waals surface area contributed by atoms with Gasteiger partial charge in [0.1, 0.15) is 6.61 Å². The van der Waals surface area contributed by atoms with Crippen molar-refractivity contribution in [3.63, 3.8) is 0 Å². The largest absolute Gasteiger partial charge is 0.493 e. The van der Waals surface area contributed by atoms with Crippen LogP contribution in [0, 0.1) is 0 Å². The fourth-order valence-corrected chi connectivity index (χ4v) is 4.14. The molecule has 0 spiro atoms. The third-order valence-electron chi connectivity index (χ3n) is 4.82. The Morgan fingerprint density at radius 3 is 2.69 bits per heavy atom. The quantitative estimate of drug-likeness (QED) is 0.401. The highest BCUT2D eigenvalue weighted by molar-refractivity contribution is 7.15. The van der Waals surface area contributed by atoms with E-state index in [0.717, 1.165) is 16.7 Å². The summed E-state index contributed by atoms with van der Waals surface area (Å²) in [5, 5.41) is 4.34. The second-order valence-electron chi connectivity index (χ2n) is 6.97. The Labute approximate surface area is 187 Å². The molecule has 3 heterocycles. The molecule has 3 aromatic heterocycles. The monoisotopic (exact) mass is 442 g/mol. The van der Waals surface area contributed by atoms with Crippen molar-refractivity contribution in [3.05, 3.63) is 99.1 Å². The summed E-state index contributed by atoms with van der Waals surface area (Å²) in [4.78, 5) is 21.9. The summed E-state index contributed by atoms with van der Waals surface area (Å²) in [5.41, 5.74) is 2.45. The van der Waals surface area contributed by atoms with E-state index in [1.54, 1.807) is 25.6 Å². The van der Waals surface area contributed by atoms with Gasteiger partial charge >= 0.3 is 0 Å². The van der Waals surface area contributed by atoms with Crippen LogP contribution in [0.15, 0.2) is 77.9 Å². The predicted molar refractivity (Wildman–Crippen MR) is 123 cm³/mol. The summed E-state index contributed by atoms with van der Waals surface area (Å²) in [7, 11) is 1.59. The highest BCUT2D eigenvalue weighted by Crippen LogP contribution is 2.29. The van der Waals surface area contributed by atoms with Crippen LogP contribution in [0.2, 0.25) is 0 Å². The topological polar surface area (TPSA) is 78.6 Å². The Morgan fingerprint density at radius 2 is 1.94 bits per heavy atom. The number of rotatable bonds is 6. The third kappa shape index (κ3) is 3.95. The summed E-state index contributed by atoms with van der Waals surface area (Å²) in [5.74, 6) is 1.72. The first-order chi connectivity index (χ1) is 15.7. The lowest BCUT2D eigenvalue weighted by Gasteiger charge is -2.11. The minimum absolute atomic E-state index is 0.212. The summed E-state index contributed by atoms with van der Waals surface area (Å²) >= 11 is 1.29. The minimum Gasteiger partial charge on any atom is -0.493 e. The van der Waals surface area contributed by atoms with Crippen molar-refractivity contribution in [1.29, 1.82) is 0 Å². The summed E-state index contributed by atoms with van der Waals surface area (Å²) in [6.07, 6.45) is 5.15. The van der Waals surface area contributed by atoms with Crippen LogP contribution in [0.25, 0.3) is 22.4 Å². The highest BCUT2D eigenvalue weighted by Gasteiger charge is 2.12. The Balaban J connectivity index is 1.43. The molecule has 158 valence electrons. The molecule has 0 amide bonds. The van der Waals surface area contributed by atoms with Crippen molar-refractivity contribution >= 4 is 22.4 Å². The first kappa shape index (κ1) is 19.9. The molecule has 0 saturated heterocycles. The summed E-state index contributed by atoms with van der Waals surface area (Å²) < 4.78 is 13.3. The predicted octanol–water partition coefficient (Wildman–Crippen LogP) is 3.35. The van der Waals surface area contributed by atoms with E-state index in [9.17, 15) is 4.79 Å². The average Bonchev–Trinajstić information content (AvgIpc) is 3.38. The van der Waals surface area contributed by atoms with Crippen molar-refractivity contribution in [2.75, 3.05) is 7.11 Å². The molecule has 0 aliphatic rings. The molecular formula is C24H18N4O3S. The lowest BCUT2D eigenvalue weighted by atomic mass is 10.2. The van der Waals surface area contributed by atoms with Crippen molar-refractivity contribution < 1.29 is 9.47 Å². The van der Waals surface area contributed by atoms with Gasteiger partial charge in [-0.15, -0.1) is 5.10 Å². The number of hydrogen-bond acceptors (Lipinski definition) is 7. The number of ether oxygens (including phenoxy) is 2. The van der Waals surface area contributed by atoms with E-state index < -0.39 is 0 Å². The maximum Gasteiger partial charge on any atom is 0.291 e. The Kier molecular flexibility index (Phi) is 5.35. The van der Waals surface area contributed by atoms with E-state index in [-0.39, 0.29) is 5.56 Å². The average molecular weight is 443 g/mol. The number of methoxy groups -OCH3 is 1. The molecular weight excluding hydrogens is 424 g/mol. The molecule has 0 fully saturated rings. The van der Waals surface area contributed by atoms with Crippen molar-refractivity contribution in [3.8, 4) is 22.9 Å². The zero-order valence-electron chi connectivity index (χ0n) is 17.1. The zero-order valence-corrected chi connectivity index (χ0v) is 18.0. The number of pyridine rings is 1. The van der Waals surface area contributed by atoms with Gasteiger partial charge in [0.05, 0.1) is 11.6 Å². The first-order valence-electron chi connectivity index (χ1n) is 9.88. The molecule has 0 saturated carbocycles. The van der Waals surface area contributed by atoms with E-state index in [4.69, 9.17) is 9.47 Å². The molecule has 2 aromatic carbocycles. The lowest BCUT2D eigenvalue weighted by molar-refractivity contribution is 0.284. The molecule has 0 unspecified atom stereocenters. The molecule has 0 aliphatic heterocycles. The van der Waals surface area contributed by atoms with Gasteiger partial charge in [-0.05, 0) is 41.5 Å². The number of fused-ring (bicyclic) bond motifs is 1. The van der Waals surface area contributed by atoms with Crippen LogP contribution in [0.3, 0.4) is 0 Å². The highest BCUT2D eigenvalue weighted by atomic mass is 32.1. The van der Waals surface area contributed by atoms with E-state index >= 15 is 0 Å². The standard InChI is InChI=1S/C24H18N4O3S/c1-30-20-12-17(9-10-19(20)31-15-16-6-3-2-4-7-16)13-21-23(29)28-24(32-21)26-22(27-28)18-8-5-11-25-14-18/h2-14H,15H2,1H3/b21-13-. The smallest absolute Gasteiger partial charge is 0.291 e. The fraction of sp³-hybridized carbons (Fsp3) is 0.0833. The van der Waals surface area contributed by atoms with Gasteiger partial charge in [-0.3, -0.25) is 9.78 Å². The molecule has 5 rings (SSSR count). The van der Waals surface area contributed by atoms with E-state index in [1.165, 1.54) is 15.9 Å². The van der Waals surface area contributed by atoms with Crippen LogP contribution in [-0.4, -0.2) is 26.7 Å². The number of aromatic nitrogens is 4. The first-order valence-corrected chi connectivity index (χ1v) is 10.7. The van der Waals surface area contributed by atoms with Gasteiger partial charge < -0.3 is 9.47 Å². The molecule has 0 radical (unpaired) electrons. The second-order valence-corrected chi connectivity index (χ2v) is 7.98. The number of thiazole rings is 1. The third-order valence-corrected chi connectivity index (χ3v) is 5.78. The van der Waals surface area contributed by atoms with Gasteiger partial charge in [0, 0.05) is 18.0 Å². The number of benzene rings is 2. The molecule has 0 aliphatic carbocycles. The van der Waals surface area contributed by atoms with Crippen LogP contribution >= 0.6 is 11.3 Å². The van der Waals surface area contributed by atoms with Crippen LogP contribution in [0.1, 0.15) is 11.1 Å². The second kappa shape index (κ2) is 8.60. The summed E-state index contributed by atoms with van der Waals surface area (Å²) in [6, 6.07) is 19.2. The zero-order chi connectivity index (χ0) is 21.9. The van der Waals surface area contributed by atoms with Gasteiger partial charge in [0.2, 0.25) is 4.96 Å². The molecule has 0 bridgehead atoms. The van der Waals surface area contributed by atoms with Gasteiger partial charge in [-0.1, -0.05) is 47.7 Å². The van der Waals surface area contributed by atoms with Gasteiger partial charge in [-0.25, -0.2) is 0 Å². The van der Waals surface area contributed by atoms with Gasteiger partial charge in [0.15, 0.2) is 17.3 Å². The van der Waals surface area contributed by atoms with Crippen LogP contribution < -0.4 is 19.6 Å². The number of nitrogens with zero attached hydrogens (tertiary/aromatic N) is 4. The van der Waals surface area contributed by atoms with Crippen molar-refractivity contribution in [2.45, 2.75) is 6.61 Å². The lowest BCUT2D eigenvalue weighted by Crippen LogP contribution is -2.23. The van der Waals surface area contributed by atoms with Crippen molar-refractivity contribution in [1.82, 2.24) is 19.6 Å². The van der Waals surface area contributed by atoms with E-state index in [2.05, 4.69) is 15.1 Å². The SMILES string of the molecule is COc1cc(/C=c2\sc3nc(-c4cccnc4)nn3c2=O)ccc1OCc1ccccc1. The maximum atomic E-state index is 12.8. The van der Waals surface area contributed by atoms with E-state index in [1.807, 2.05) is 60.7 Å². The van der Waals surface area contributed by atoms with Gasteiger partial charge in [-0.2, -0.15) is 9.50 Å². The molecule has 0 atom stereocenters. The Bertz CT molecular complexity index is 1480. The molecule has 32 heavy (non-hydrogen) atoms. The number of hydrogen-bond donors (Lipinski definition) is 0. The van der Waals surface area contributed by atoms with Gasteiger partial charge in [0.25, 0.3) is 5.56 Å². The normalized spacial score (nSPS) is 11.7.